The molecule has 3 aromatic rings. The Morgan fingerprint density at radius 3 is 2.47 bits per heavy atom. The number of ketones is 1. The van der Waals surface area contributed by atoms with Gasteiger partial charge >= 0.3 is 5.97 Å². The summed E-state index contributed by atoms with van der Waals surface area (Å²) in [5.74, 6) is -1.44. The molecule has 0 spiro atoms. The van der Waals surface area contributed by atoms with Crippen LogP contribution in [-0.4, -0.2) is 35.0 Å². The molecule has 7 nitrogen and oxygen atoms in total. The van der Waals surface area contributed by atoms with Crippen molar-refractivity contribution in [2.24, 2.45) is 5.10 Å². The van der Waals surface area contributed by atoms with Crippen molar-refractivity contribution < 1.29 is 27.9 Å². The molecule has 1 atom stereocenters. The molecule has 1 amide bonds. The van der Waals surface area contributed by atoms with Crippen molar-refractivity contribution in [3.8, 4) is 0 Å². The molecular weight excluding hydrogens is 463 g/mol. The van der Waals surface area contributed by atoms with Gasteiger partial charge in [-0.05, 0) is 54.1 Å². The number of esters is 1. The lowest BCUT2D eigenvalue weighted by Gasteiger charge is -2.19. The van der Waals surface area contributed by atoms with Crippen molar-refractivity contribution in [2.45, 2.75) is 25.3 Å². The molecule has 0 bridgehead atoms. The highest BCUT2D eigenvalue weighted by Gasteiger charge is 2.35. The van der Waals surface area contributed by atoms with Crippen molar-refractivity contribution in [3.05, 3.63) is 94.7 Å². The van der Waals surface area contributed by atoms with E-state index in [-0.39, 0.29) is 18.6 Å². The first-order valence-electron chi connectivity index (χ1n) is 10.5. The highest BCUT2D eigenvalue weighted by Crippen LogP contribution is 2.33. The van der Waals surface area contributed by atoms with Crippen LogP contribution in [0.15, 0.2) is 76.4 Å². The van der Waals surface area contributed by atoms with E-state index in [2.05, 4.69) is 5.10 Å². The Morgan fingerprint density at radius 1 is 1.06 bits per heavy atom. The number of ether oxygens (including phenoxy) is 1. The van der Waals surface area contributed by atoms with Gasteiger partial charge in [0, 0.05) is 23.4 Å². The van der Waals surface area contributed by atoms with Crippen molar-refractivity contribution in [3.63, 3.8) is 0 Å². The fraction of sp³-hybridized carbons (Fsp3) is 0.200. The van der Waals surface area contributed by atoms with Crippen molar-refractivity contribution in [1.29, 1.82) is 0 Å². The van der Waals surface area contributed by atoms with E-state index in [1.807, 2.05) is 12.1 Å². The van der Waals surface area contributed by atoms with Crippen molar-refractivity contribution in [1.82, 2.24) is 5.01 Å². The lowest BCUT2D eigenvalue weighted by Crippen LogP contribution is -2.31. The predicted molar refractivity (Wildman–Crippen MR) is 122 cm³/mol. The molecule has 0 N–H and O–H groups in total. The van der Waals surface area contributed by atoms with Gasteiger partial charge in [-0.25, -0.2) is 9.40 Å². The monoisotopic (exact) mass is 482 g/mol. The molecular formula is C25H20ClFN2O5. The van der Waals surface area contributed by atoms with Gasteiger partial charge in [0.1, 0.15) is 17.6 Å². The summed E-state index contributed by atoms with van der Waals surface area (Å²) in [6.07, 6.45) is 1.61. The number of nitrogens with zero attached hydrogens (tertiary/aromatic N) is 2. The molecule has 0 radical (unpaired) electrons. The SMILES string of the molecule is O=C(CCC(=O)c1ccc(F)cc1)OCC(=O)N1N=C(c2ccc(Cl)cc2)CC1c1ccco1. The second-order valence-electron chi connectivity index (χ2n) is 7.62. The second kappa shape index (κ2) is 10.4. The van der Waals surface area contributed by atoms with Crippen LogP contribution in [0.1, 0.15) is 47.0 Å². The Morgan fingerprint density at radius 2 is 1.79 bits per heavy atom. The van der Waals surface area contributed by atoms with E-state index in [0.717, 1.165) is 5.56 Å². The first-order valence-corrected chi connectivity index (χ1v) is 10.9. The average molecular weight is 483 g/mol. The smallest absolute Gasteiger partial charge is 0.306 e. The highest BCUT2D eigenvalue weighted by atomic mass is 35.5. The average Bonchev–Trinajstić information content (AvgIpc) is 3.52. The lowest BCUT2D eigenvalue weighted by atomic mass is 10.0. The summed E-state index contributed by atoms with van der Waals surface area (Å²) in [7, 11) is 0. The Labute approximate surface area is 199 Å². The number of hydrogen-bond acceptors (Lipinski definition) is 6. The van der Waals surface area contributed by atoms with E-state index in [1.165, 1.54) is 35.5 Å². The number of carbonyl (C=O) groups excluding carboxylic acids is 3. The van der Waals surface area contributed by atoms with Gasteiger partial charge in [-0.2, -0.15) is 5.10 Å². The lowest BCUT2D eigenvalue weighted by molar-refractivity contribution is -0.152. The molecule has 1 aliphatic heterocycles. The minimum absolute atomic E-state index is 0.115. The second-order valence-corrected chi connectivity index (χ2v) is 8.05. The maximum Gasteiger partial charge on any atom is 0.306 e. The number of hydrazone groups is 1. The number of Topliss-reactive ketones (excluding diaryl/α,β-unsaturated/α-hetero) is 1. The maximum atomic E-state index is 13.0. The summed E-state index contributed by atoms with van der Waals surface area (Å²) < 4.78 is 23.5. The van der Waals surface area contributed by atoms with Gasteiger partial charge in [-0.15, -0.1) is 0 Å². The van der Waals surface area contributed by atoms with E-state index >= 15 is 0 Å². The molecule has 4 rings (SSSR count). The number of hydrogen-bond donors (Lipinski definition) is 0. The third-order valence-electron chi connectivity index (χ3n) is 5.29. The third-order valence-corrected chi connectivity index (χ3v) is 5.55. The van der Waals surface area contributed by atoms with Gasteiger partial charge in [-0.3, -0.25) is 14.4 Å². The zero-order chi connectivity index (χ0) is 24.1. The molecule has 1 aliphatic rings. The Bertz CT molecular complexity index is 1210. The molecule has 2 aromatic carbocycles. The molecule has 0 saturated heterocycles. The van der Waals surface area contributed by atoms with Crippen molar-refractivity contribution >= 4 is 35.0 Å². The molecule has 1 aromatic heterocycles. The van der Waals surface area contributed by atoms with Crippen LogP contribution in [0, 0.1) is 5.82 Å². The van der Waals surface area contributed by atoms with Gasteiger partial charge in [0.25, 0.3) is 5.91 Å². The van der Waals surface area contributed by atoms with Crippen LogP contribution in [0.4, 0.5) is 4.39 Å². The third kappa shape index (κ3) is 5.58. The van der Waals surface area contributed by atoms with E-state index in [0.29, 0.717) is 28.5 Å². The number of carbonyl (C=O) groups is 3. The number of amides is 1. The Balaban J connectivity index is 1.36. The van der Waals surface area contributed by atoms with E-state index in [9.17, 15) is 18.8 Å². The predicted octanol–water partition coefficient (Wildman–Crippen LogP) is 4.96. The van der Waals surface area contributed by atoms with Crippen molar-refractivity contribution in [2.75, 3.05) is 6.61 Å². The quantitative estimate of drug-likeness (QED) is 0.334. The van der Waals surface area contributed by atoms with Gasteiger partial charge in [0.05, 0.1) is 18.4 Å². The molecule has 0 saturated carbocycles. The zero-order valence-electron chi connectivity index (χ0n) is 17.9. The van der Waals surface area contributed by atoms with E-state index < -0.39 is 30.3 Å². The molecule has 1 unspecified atom stereocenters. The highest BCUT2D eigenvalue weighted by molar-refractivity contribution is 6.30. The number of benzene rings is 2. The van der Waals surface area contributed by atoms with Crippen LogP contribution in [0.25, 0.3) is 0 Å². The first-order chi connectivity index (χ1) is 16.4. The first kappa shape index (κ1) is 23.4. The molecule has 0 aliphatic carbocycles. The summed E-state index contributed by atoms with van der Waals surface area (Å²) in [4.78, 5) is 37.1. The Hall–Kier alpha value is -3.78. The number of halogens is 2. The summed E-state index contributed by atoms with van der Waals surface area (Å²) in [6.45, 7) is -0.530. The van der Waals surface area contributed by atoms with Crippen LogP contribution in [0.3, 0.4) is 0 Å². The topological polar surface area (TPSA) is 89.2 Å². The number of rotatable bonds is 8. The summed E-state index contributed by atoms with van der Waals surface area (Å²) in [5, 5.41) is 6.28. The molecule has 9 heteroatoms. The summed E-state index contributed by atoms with van der Waals surface area (Å²) in [5.41, 5.74) is 1.78. The van der Waals surface area contributed by atoms with Crippen LogP contribution >= 0.6 is 11.6 Å². The fourth-order valence-corrected chi connectivity index (χ4v) is 3.66. The molecule has 34 heavy (non-hydrogen) atoms. The number of furan rings is 1. The molecule has 174 valence electrons. The van der Waals surface area contributed by atoms with Crippen LogP contribution in [-0.2, 0) is 14.3 Å². The Kier molecular flexibility index (Phi) is 7.18. The maximum absolute atomic E-state index is 13.0. The standard InChI is InChI=1S/C25H20ClFN2O5/c26-18-7-3-16(4-8-18)20-14-21(23-2-1-13-33-23)29(28-20)24(31)15-34-25(32)12-11-22(30)17-5-9-19(27)10-6-17/h1-10,13,21H,11-12,14-15H2. The minimum Gasteiger partial charge on any atom is -0.467 e. The minimum atomic E-state index is -0.695. The van der Waals surface area contributed by atoms with Gasteiger partial charge in [0.15, 0.2) is 12.4 Å². The van der Waals surface area contributed by atoms with E-state index in [1.54, 1.807) is 24.3 Å². The normalized spacial score (nSPS) is 15.2. The van der Waals surface area contributed by atoms with Crippen LogP contribution in [0.5, 0.6) is 0 Å². The van der Waals surface area contributed by atoms with Gasteiger partial charge in [0.2, 0.25) is 0 Å². The van der Waals surface area contributed by atoms with Gasteiger partial charge in [-0.1, -0.05) is 23.7 Å². The molecule has 2 heterocycles. The van der Waals surface area contributed by atoms with Crippen LogP contribution < -0.4 is 0 Å². The van der Waals surface area contributed by atoms with E-state index in [4.69, 9.17) is 20.8 Å². The zero-order valence-corrected chi connectivity index (χ0v) is 18.7. The molecule has 0 fully saturated rings. The van der Waals surface area contributed by atoms with Gasteiger partial charge < -0.3 is 9.15 Å². The fourth-order valence-electron chi connectivity index (χ4n) is 3.54. The van der Waals surface area contributed by atoms with Crippen LogP contribution in [0.2, 0.25) is 5.02 Å². The summed E-state index contributed by atoms with van der Waals surface area (Å²) in [6, 6.07) is 15.1. The summed E-state index contributed by atoms with van der Waals surface area (Å²) >= 11 is 5.96. The largest absolute Gasteiger partial charge is 0.467 e.